The summed E-state index contributed by atoms with van der Waals surface area (Å²) in [4.78, 5) is 17.6. The molecular formula is C24H20F2N2O3S2. The van der Waals surface area contributed by atoms with Crippen LogP contribution in [0.5, 0.6) is 0 Å². The highest BCUT2D eigenvalue weighted by Gasteiger charge is 2.26. The van der Waals surface area contributed by atoms with Gasteiger partial charge in [-0.05, 0) is 66.9 Å². The summed E-state index contributed by atoms with van der Waals surface area (Å²) in [6.45, 7) is 3.97. The van der Waals surface area contributed by atoms with E-state index in [4.69, 9.17) is 4.98 Å². The number of halogens is 2. The molecule has 1 aromatic heterocycles. The maximum atomic E-state index is 13.3. The molecule has 0 bridgehead atoms. The molecule has 1 heterocycles. The van der Waals surface area contributed by atoms with Crippen molar-refractivity contribution in [1.29, 1.82) is 0 Å². The van der Waals surface area contributed by atoms with E-state index in [1.54, 1.807) is 22.8 Å². The van der Waals surface area contributed by atoms with E-state index in [1.165, 1.54) is 36.0 Å². The second kappa shape index (κ2) is 9.07. The molecule has 0 amide bonds. The third-order valence-electron chi connectivity index (χ3n) is 5.35. The predicted octanol–water partition coefficient (Wildman–Crippen LogP) is 5.29. The zero-order valence-corrected chi connectivity index (χ0v) is 19.5. The summed E-state index contributed by atoms with van der Waals surface area (Å²) in [5, 5.41) is 0.980. The molecule has 0 aliphatic rings. The van der Waals surface area contributed by atoms with Gasteiger partial charge in [0.15, 0.2) is 5.16 Å². The Labute approximate surface area is 194 Å². The van der Waals surface area contributed by atoms with Gasteiger partial charge in [-0.25, -0.2) is 13.4 Å². The zero-order valence-electron chi connectivity index (χ0n) is 17.8. The van der Waals surface area contributed by atoms with Crippen LogP contribution in [0, 0.1) is 13.8 Å². The molecule has 170 valence electrons. The lowest BCUT2D eigenvalue weighted by Gasteiger charge is -2.14. The molecule has 4 aromatic rings. The minimum absolute atomic E-state index is 0.190. The summed E-state index contributed by atoms with van der Waals surface area (Å²) in [6, 6.07) is 18.2. The molecule has 0 aliphatic carbocycles. The normalized spacial score (nSPS) is 11.9. The van der Waals surface area contributed by atoms with Crippen LogP contribution in [0.15, 0.2) is 81.6 Å². The van der Waals surface area contributed by atoms with Gasteiger partial charge in [0.1, 0.15) is 0 Å². The zero-order chi connectivity index (χ0) is 23.8. The molecule has 0 fully saturated rings. The van der Waals surface area contributed by atoms with Crippen molar-refractivity contribution in [3.63, 3.8) is 0 Å². The molecule has 0 unspecified atom stereocenters. The van der Waals surface area contributed by atoms with Gasteiger partial charge in [0.2, 0.25) is 9.84 Å². The highest BCUT2D eigenvalue weighted by atomic mass is 32.2. The van der Waals surface area contributed by atoms with E-state index in [-0.39, 0.29) is 5.56 Å². The first-order valence-corrected chi connectivity index (χ1v) is 12.5. The van der Waals surface area contributed by atoms with Crippen LogP contribution in [-0.4, -0.2) is 23.7 Å². The number of rotatable bonds is 6. The Hall–Kier alpha value is -3.04. The molecule has 0 saturated heterocycles. The lowest BCUT2D eigenvalue weighted by molar-refractivity contribution is 0.234. The monoisotopic (exact) mass is 486 g/mol. The van der Waals surface area contributed by atoms with Gasteiger partial charge in [-0.2, -0.15) is 8.78 Å². The van der Waals surface area contributed by atoms with Gasteiger partial charge >= 0.3 is 5.76 Å². The van der Waals surface area contributed by atoms with E-state index in [0.29, 0.717) is 33.1 Å². The first-order valence-electron chi connectivity index (χ1n) is 10.0. The van der Waals surface area contributed by atoms with Gasteiger partial charge in [-0.1, -0.05) is 42.1 Å². The minimum atomic E-state index is -4.64. The number of aryl methyl sites for hydroxylation is 2. The summed E-state index contributed by atoms with van der Waals surface area (Å²) in [6.07, 6.45) is 0. The van der Waals surface area contributed by atoms with Gasteiger partial charge in [0.25, 0.3) is 5.56 Å². The van der Waals surface area contributed by atoms with Crippen LogP contribution < -0.4 is 5.56 Å². The number of hydrogen-bond donors (Lipinski definition) is 0. The van der Waals surface area contributed by atoms with Crippen molar-refractivity contribution < 1.29 is 17.2 Å². The number of para-hydroxylation sites is 1. The third kappa shape index (κ3) is 4.56. The van der Waals surface area contributed by atoms with E-state index in [1.807, 2.05) is 38.1 Å². The van der Waals surface area contributed by atoms with Crippen LogP contribution in [0.2, 0.25) is 0 Å². The van der Waals surface area contributed by atoms with Crippen molar-refractivity contribution in [3.05, 3.63) is 93.8 Å². The van der Waals surface area contributed by atoms with Crippen molar-refractivity contribution in [3.8, 4) is 5.69 Å². The number of hydrogen-bond acceptors (Lipinski definition) is 5. The number of thioether (sulfide) groups is 1. The SMILES string of the molecule is Cc1ccc(-n2c(SCc3ccc(S(=O)(=O)C(F)F)cc3)nc3ccccc3c2=O)cc1C. The number of alkyl halides is 2. The van der Waals surface area contributed by atoms with Gasteiger partial charge in [-0.15, -0.1) is 0 Å². The standard InChI is InChI=1S/C24H20F2N2O3S2/c1-15-7-10-18(13-16(15)2)28-22(29)20-5-3-4-6-21(20)27-24(28)32-14-17-8-11-19(12-9-17)33(30,31)23(25)26/h3-13,23H,14H2,1-2H3. The molecule has 9 heteroatoms. The molecular weight excluding hydrogens is 466 g/mol. The Bertz CT molecular complexity index is 1500. The van der Waals surface area contributed by atoms with Crippen molar-refractivity contribution in [2.75, 3.05) is 0 Å². The molecule has 0 radical (unpaired) electrons. The van der Waals surface area contributed by atoms with Gasteiger partial charge in [0, 0.05) is 5.75 Å². The van der Waals surface area contributed by atoms with E-state index >= 15 is 0 Å². The second-order valence-corrected chi connectivity index (χ2v) is 10.4. The molecule has 0 saturated carbocycles. The fourth-order valence-corrected chi connectivity index (χ4v) is 5.02. The van der Waals surface area contributed by atoms with Gasteiger partial charge < -0.3 is 0 Å². The summed E-state index contributed by atoms with van der Waals surface area (Å²) < 4.78 is 50.4. The molecule has 3 aromatic carbocycles. The number of benzene rings is 3. The first-order chi connectivity index (χ1) is 15.7. The Balaban J connectivity index is 1.73. The van der Waals surface area contributed by atoms with Crippen LogP contribution in [0.1, 0.15) is 16.7 Å². The predicted molar refractivity (Wildman–Crippen MR) is 126 cm³/mol. The summed E-state index contributed by atoms with van der Waals surface area (Å²) in [5.41, 5.74) is 3.94. The molecule has 0 spiro atoms. The third-order valence-corrected chi connectivity index (χ3v) is 7.76. The number of sulfone groups is 1. The van der Waals surface area contributed by atoms with Crippen molar-refractivity contribution in [1.82, 2.24) is 9.55 Å². The van der Waals surface area contributed by atoms with E-state index in [2.05, 4.69) is 0 Å². The highest BCUT2D eigenvalue weighted by molar-refractivity contribution is 7.98. The van der Waals surface area contributed by atoms with Gasteiger partial charge in [-0.3, -0.25) is 9.36 Å². The van der Waals surface area contributed by atoms with Gasteiger partial charge in [0.05, 0.1) is 21.5 Å². The van der Waals surface area contributed by atoms with Crippen LogP contribution in [0.4, 0.5) is 8.78 Å². The number of fused-ring (bicyclic) bond motifs is 1. The second-order valence-electron chi connectivity index (χ2n) is 7.56. The largest absolute Gasteiger partial charge is 0.341 e. The van der Waals surface area contributed by atoms with Crippen LogP contribution in [0.3, 0.4) is 0 Å². The molecule has 0 aliphatic heterocycles. The van der Waals surface area contributed by atoms with Crippen LogP contribution >= 0.6 is 11.8 Å². The fourth-order valence-electron chi connectivity index (χ4n) is 3.33. The van der Waals surface area contributed by atoms with E-state index < -0.39 is 20.5 Å². The maximum Gasteiger partial charge on any atom is 0.341 e. The summed E-state index contributed by atoms with van der Waals surface area (Å²) in [7, 11) is -4.64. The minimum Gasteiger partial charge on any atom is -0.268 e. The Morgan fingerprint density at radius 2 is 1.67 bits per heavy atom. The number of nitrogens with zero attached hydrogens (tertiary/aromatic N) is 2. The average Bonchev–Trinajstić information content (AvgIpc) is 2.80. The number of aromatic nitrogens is 2. The first kappa shape index (κ1) is 23.1. The maximum absolute atomic E-state index is 13.3. The lowest BCUT2D eigenvalue weighted by atomic mass is 10.1. The molecule has 0 N–H and O–H groups in total. The lowest BCUT2D eigenvalue weighted by Crippen LogP contribution is -2.22. The van der Waals surface area contributed by atoms with E-state index in [9.17, 15) is 22.0 Å². The highest BCUT2D eigenvalue weighted by Crippen LogP contribution is 2.26. The Kier molecular flexibility index (Phi) is 6.36. The quantitative estimate of drug-likeness (QED) is 0.274. The van der Waals surface area contributed by atoms with Crippen molar-refractivity contribution in [2.24, 2.45) is 0 Å². The molecule has 4 rings (SSSR count). The van der Waals surface area contributed by atoms with Crippen LogP contribution in [0.25, 0.3) is 16.6 Å². The average molecular weight is 487 g/mol. The topological polar surface area (TPSA) is 69.0 Å². The smallest absolute Gasteiger partial charge is 0.268 e. The fraction of sp³-hybridized carbons (Fsp3) is 0.167. The molecule has 5 nitrogen and oxygen atoms in total. The summed E-state index contributed by atoms with van der Waals surface area (Å²) >= 11 is 1.31. The van der Waals surface area contributed by atoms with E-state index in [0.717, 1.165) is 11.1 Å². The Morgan fingerprint density at radius 3 is 2.33 bits per heavy atom. The van der Waals surface area contributed by atoms with Crippen molar-refractivity contribution >= 4 is 32.5 Å². The summed E-state index contributed by atoms with van der Waals surface area (Å²) in [5.74, 6) is -3.10. The van der Waals surface area contributed by atoms with Crippen molar-refractivity contribution in [2.45, 2.75) is 35.4 Å². The van der Waals surface area contributed by atoms with Crippen LogP contribution in [-0.2, 0) is 15.6 Å². The molecule has 33 heavy (non-hydrogen) atoms. The molecule has 0 atom stereocenters. The Morgan fingerprint density at radius 1 is 0.970 bits per heavy atom.